The van der Waals surface area contributed by atoms with Crippen molar-refractivity contribution in [3.8, 4) is 6.07 Å². The van der Waals surface area contributed by atoms with Gasteiger partial charge < -0.3 is 10.4 Å². The van der Waals surface area contributed by atoms with Crippen LogP contribution in [0.2, 0.25) is 0 Å². The van der Waals surface area contributed by atoms with Crippen molar-refractivity contribution in [1.82, 2.24) is 0 Å². The van der Waals surface area contributed by atoms with E-state index in [1.165, 1.54) is 0 Å². The summed E-state index contributed by atoms with van der Waals surface area (Å²) < 4.78 is 0.782. The van der Waals surface area contributed by atoms with E-state index in [4.69, 9.17) is 5.26 Å². The molecule has 1 aliphatic carbocycles. The Bertz CT molecular complexity index is 487. The van der Waals surface area contributed by atoms with Gasteiger partial charge in [-0.2, -0.15) is 5.26 Å². The molecule has 0 atom stereocenters. The number of nitriles is 1. The van der Waals surface area contributed by atoms with Crippen LogP contribution in [0.3, 0.4) is 0 Å². The second kappa shape index (κ2) is 5.94. The van der Waals surface area contributed by atoms with E-state index in [-0.39, 0.29) is 0 Å². The van der Waals surface area contributed by atoms with Gasteiger partial charge in [-0.1, -0.05) is 13.0 Å². The number of hydrogen-bond acceptors (Lipinski definition) is 3. The fourth-order valence-electron chi connectivity index (χ4n) is 2.52. The fraction of sp³-hybridized carbons (Fsp3) is 0.533. The van der Waals surface area contributed by atoms with E-state index in [1.807, 2.05) is 18.2 Å². The maximum Gasteiger partial charge on any atom is 0.103 e. The van der Waals surface area contributed by atoms with E-state index in [2.05, 4.69) is 34.2 Å². The quantitative estimate of drug-likeness (QED) is 0.892. The first kappa shape index (κ1) is 14.4. The summed E-state index contributed by atoms with van der Waals surface area (Å²) in [5, 5.41) is 22.9. The largest absolute Gasteiger partial charge is 0.388 e. The molecule has 0 heterocycles. The Labute approximate surface area is 122 Å². The number of aliphatic hydroxyl groups is 1. The lowest BCUT2D eigenvalue weighted by Gasteiger charge is -2.35. The second-order valence-electron chi connectivity index (χ2n) is 5.53. The summed E-state index contributed by atoms with van der Waals surface area (Å²) >= 11 is 3.37. The maximum absolute atomic E-state index is 10.5. The van der Waals surface area contributed by atoms with Crippen LogP contribution in [0.4, 0.5) is 5.69 Å². The second-order valence-corrected chi connectivity index (χ2v) is 6.39. The van der Waals surface area contributed by atoms with Crippen LogP contribution in [0.5, 0.6) is 0 Å². The van der Waals surface area contributed by atoms with E-state index < -0.39 is 5.60 Å². The van der Waals surface area contributed by atoms with Crippen molar-refractivity contribution in [2.75, 3.05) is 11.9 Å². The average molecular weight is 323 g/mol. The number of hydrogen-bond donors (Lipinski definition) is 2. The zero-order valence-corrected chi connectivity index (χ0v) is 12.7. The Hall–Kier alpha value is -1.05. The summed E-state index contributed by atoms with van der Waals surface area (Å²) in [7, 11) is 0. The monoisotopic (exact) mass is 322 g/mol. The van der Waals surface area contributed by atoms with Crippen molar-refractivity contribution in [3.05, 3.63) is 28.2 Å². The summed E-state index contributed by atoms with van der Waals surface area (Å²) in [6.45, 7) is 2.74. The molecule has 1 aliphatic rings. The Kier molecular flexibility index (Phi) is 4.49. The molecule has 2 rings (SSSR count). The van der Waals surface area contributed by atoms with Gasteiger partial charge in [-0.3, -0.25) is 0 Å². The van der Waals surface area contributed by atoms with Crippen molar-refractivity contribution in [3.63, 3.8) is 0 Å². The van der Waals surface area contributed by atoms with Crippen molar-refractivity contribution >= 4 is 21.6 Å². The maximum atomic E-state index is 10.5. The van der Waals surface area contributed by atoms with Crippen molar-refractivity contribution in [1.29, 1.82) is 5.26 Å². The van der Waals surface area contributed by atoms with Crippen LogP contribution in [0, 0.1) is 17.2 Å². The molecule has 0 saturated heterocycles. The Balaban J connectivity index is 2.03. The van der Waals surface area contributed by atoms with Gasteiger partial charge in [0.2, 0.25) is 0 Å². The lowest BCUT2D eigenvalue weighted by Crippen LogP contribution is -2.40. The van der Waals surface area contributed by atoms with Crippen LogP contribution >= 0.6 is 15.9 Å². The molecule has 102 valence electrons. The van der Waals surface area contributed by atoms with E-state index in [0.717, 1.165) is 35.8 Å². The molecule has 0 radical (unpaired) electrons. The number of rotatable bonds is 3. The molecule has 1 fully saturated rings. The third-order valence-electron chi connectivity index (χ3n) is 3.94. The predicted molar refractivity (Wildman–Crippen MR) is 79.9 cm³/mol. The molecule has 1 aromatic rings. The van der Waals surface area contributed by atoms with Crippen molar-refractivity contribution < 1.29 is 5.11 Å². The van der Waals surface area contributed by atoms with Crippen LogP contribution in [0.15, 0.2) is 22.7 Å². The highest BCUT2D eigenvalue weighted by Crippen LogP contribution is 2.32. The highest BCUT2D eigenvalue weighted by Gasteiger charge is 2.31. The van der Waals surface area contributed by atoms with Crippen LogP contribution in [0.1, 0.15) is 38.2 Å². The summed E-state index contributed by atoms with van der Waals surface area (Å²) in [5.41, 5.74) is 0.737. The van der Waals surface area contributed by atoms with Gasteiger partial charge in [0.25, 0.3) is 0 Å². The summed E-state index contributed by atoms with van der Waals surface area (Å²) in [6, 6.07) is 7.79. The lowest BCUT2D eigenvalue weighted by atomic mass is 9.79. The highest BCUT2D eigenvalue weighted by atomic mass is 79.9. The fourth-order valence-corrected chi connectivity index (χ4v) is 2.98. The minimum Gasteiger partial charge on any atom is -0.388 e. The molecule has 3 nitrogen and oxygen atoms in total. The van der Waals surface area contributed by atoms with Gasteiger partial charge in [-0.15, -0.1) is 0 Å². The minimum absolute atomic E-state index is 0.505. The van der Waals surface area contributed by atoms with Crippen molar-refractivity contribution in [2.45, 2.75) is 38.2 Å². The van der Waals surface area contributed by atoms with Crippen LogP contribution in [0.25, 0.3) is 0 Å². The molecule has 1 aromatic carbocycles. The smallest absolute Gasteiger partial charge is 0.103 e. The molecule has 4 heteroatoms. The first-order chi connectivity index (χ1) is 9.04. The zero-order valence-electron chi connectivity index (χ0n) is 11.1. The van der Waals surface area contributed by atoms with E-state index in [9.17, 15) is 5.11 Å². The van der Waals surface area contributed by atoms with Gasteiger partial charge in [0, 0.05) is 11.0 Å². The highest BCUT2D eigenvalue weighted by molar-refractivity contribution is 9.10. The zero-order chi connectivity index (χ0) is 13.9. The predicted octanol–water partition coefficient (Wildman–Crippen LogP) is 3.67. The van der Waals surface area contributed by atoms with Gasteiger partial charge in [0.15, 0.2) is 0 Å². The van der Waals surface area contributed by atoms with Crippen molar-refractivity contribution in [2.24, 2.45) is 5.92 Å². The van der Waals surface area contributed by atoms with Crippen LogP contribution in [-0.4, -0.2) is 17.3 Å². The number of benzene rings is 1. The van der Waals surface area contributed by atoms with Gasteiger partial charge in [0.1, 0.15) is 6.07 Å². The molecule has 0 unspecified atom stereocenters. The number of nitrogens with zero attached hydrogens (tertiary/aromatic N) is 1. The van der Waals surface area contributed by atoms with Gasteiger partial charge in [0.05, 0.1) is 16.9 Å². The minimum atomic E-state index is -0.637. The molecule has 0 aliphatic heterocycles. The first-order valence-corrected chi connectivity index (χ1v) is 7.48. The van der Waals surface area contributed by atoms with Crippen LogP contribution < -0.4 is 5.32 Å². The topological polar surface area (TPSA) is 56.0 Å². The molecular formula is C15H19BrN2O. The Morgan fingerprint density at radius 1 is 1.47 bits per heavy atom. The molecule has 0 spiro atoms. The lowest BCUT2D eigenvalue weighted by molar-refractivity contribution is 0.00501. The first-order valence-electron chi connectivity index (χ1n) is 6.69. The molecule has 2 N–H and O–H groups in total. The normalized spacial score (nSPS) is 26.7. The van der Waals surface area contributed by atoms with E-state index in [0.29, 0.717) is 18.0 Å². The molecule has 1 saturated carbocycles. The molecule has 19 heavy (non-hydrogen) atoms. The standard InChI is InChI=1S/C15H19BrN2O/c1-11-5-7-15(19,8-6-11)10-18-14-4-2-3-13(16)12(14)9-17/h2-4,11,18-19H,5-8,10H2,1H3. The molecular weight excluding hydrogens is 304 g/mol. The van der Waals surface area contributed by atoms with Gasteiger partial charge >= 0.3 is 0 Å². The SMILES string of the molecule is CC1CCC(O)(CNc2cccc(Br)c2C#N)CC1. The van der Waals surface area contributed by atoms with E-state index >= 15 is 0 Å². The van der Waals surface area contributed by atoms with E-state index in [1.54, 1.807) is 0 Å². The Morgan fingerprint density at radius 3 is 2.79 bits per heavy atom. The van der Waals surface area contributed by atoms with Gasteiger partial charge in [-0.25, -0.2) is 0 Å². The molecule has 0 aromatic heterocycles. The van der Waals surface area contributed by atoms with Crippen LogP contribution in [-0.2, 0) is 0 Å². The molecule has 0 amide bonds. The number of anilines is 1. The third kappa shape index (κ3) is 3.49. The van der Waals surface area contributed by atoms with Gasteiger partial charge in [-0.05, 0) is 59.7 Å². The average Bonchev–Trinajstić information content (AvgIpc) is 2.40. The number of nitrogens with one attached hydrogen (secondary N) is 1. The Morgan fingerprint density at radius 2 is 2.16 bits per heavy atom. The summed E-state index contributed by atoms with van der Waals surface area (Å²) in [4.78, 5) is 0. The summed E-state index contributed by atoms with van der Waals surface area (Å²) in [6.07, 6.45) is 3.80. The summed E-state index contributed by atoms with van der Waals surface area (Å²) in [5.74, 6) is 0.709. The number of halogens is 1. The molecule has 0 bridgehead atoms. The third-order valence-corrected chi connectivity index (χ3v) is 4.60.